The highest BCUT2D eigenvalue weighted by atomic mass is 19.3. The first-order valence-electron chi connectivity index (χ1n) is 4.86. The molecule has 2 rings (SSSR count). The van der Waals surface area contributed by atoms with Crippen LogP contribution in [-0.4, -0.2) is 17.0 Å². The molecule has 0 radical (unpaired) electrons. The van der Waals surface area contributed by atoms with Crippen molar-refractivity contribution >= 4 is 5.97 Å². The van der Waals surface area contributed by atoms with E-state index in [-0.39, 0.29) is 30.1 Å². The van der Waals surface area contributed by atoms with Crippen molar-refractivity contribution in [1.82, 2.24) is 0 Å². The summed E-state index contributed by atoms with van der Waals surface area (Å²) in [5.74, 6) is -3.91. The molecule has 14 heavy (non-hydrogen) atoms. The molecule has 0 spiro atoms. The lowest BCUT2D eigenvalue weighted by molar-refractivity contribution is -0.142. The summed E-state index contributed by atoms with van der Waals surface area (Å²) >= 11 is 0. The highest BCUT2D eigenvalue weighted by Crippen LogP contribution is 2.67. The van der Waals surface area contributed by atoms with Crippen LogP contribution in [0.5, 0.6) is 0 Å². The zero-order chi connectivity index (χ0) is 10.7. The number of hydrogen-bond acceptors (Lipinski definition) is 1. The first kappa shape index (κ1) is 9.87. The lowest BCUT2D eigenvalue weighted by Gasteiger charge is -2.36. The van der Waals surface area contributed by atoms with Gasteiger partial charge in [-0.05, 0) is 17.3 Å². The maximum absolute atomic E-state index is 12.6. The van der Waals surface area contributed by atoms with Gasteiger partial charge < -0.3 is 5.11 Å². The zero-order valence-electron chi connectivity index (χ0n) is 8.26. The van der Waals surface area contributed by atoms with Crippen molar-refractivity contribution in [3.8, 4) is 0 Å². The Labute approximate surface area is 81.3 Å². The van der Waals surface area contributed by atoms with Crippen LogP contribution in [0.3, 0.4) is 0 Å². The smallest absolute Gasteiger partial charge is 0.307 e. The first-order valence-corrected chi connectivity index (χ1v) is 4.86. The Hall–Kier alpha value is -0.670. The molecule has 0 amide bonds. The van der Waals surface area contributed by atoms with Gasteiger partial charge in [0.2, 0.25) is 5.92 Å². The van der Waals surface area contributed by atoms with E-state index >= 15 is 0 Å². The molecule has 0 bridgehead atoms. The largest absolute Gasteiger partial charge is 0.481 e. The molecule has 0 aromatic heterocycles. The van der Waals surface area contributed by atoms with Crippen LogP contribution in [0.4, 0.5) is 8.78 Å². The van der Waals surface area contributed by atoms with Gasteiger partial charge in [-0.25, -0.2) is 8.78 Å². The Bertz CT molecular complexity index is 278. The van der Waals surface area contributed by atoms with Gasteiger partial charge in [-0.2, -0.15) is 0 Å². The van der Waals surface area contributed by atoms with Crippen LogP contribution in [-0.2, 0) is 4.79 Å². The summed E-state index contributed by atoms with van der Waals surface area (Å²) in [6, 6.07) is 0. The third kappa shape index (κ3) is 1.23. The summed E-state index contributed by atoms with van der Waals surface area (Å²) in [5, 5.41) is 8.87. The van der Waals surface area contributed by atoms with Crippen molar-refractivity contribution in [3.63, 3.8) is 0 Å². The van der Waals surface area contributed by atoms with Crippen molar-refractivity contribution in [1.29, 1.82) is 0 Å². The lowest BCUT2D eigenvalue weighted by atomic mass is 9.76. The molecule has 2 aliphatic rings. The van der Waals surface area contributed by atoms with Gasteiger partial charge in [0.1, 0.15) is 0 Å². The average Bonchev–Trinajstić information content (AvgIpc) is 2.48. The number of rotatable bonds is 2. The molecule has 1 N–H and O–H groups in total. The molecular weight excluding hydrogens is 190 g/mol. The van der Waals surface area contributed by atoms with E-state index in [0.29, 0.717) is 0 Å². The number of hydrogen-bond donors (Lipinski definition) is 1. The molecule has 0 heterocycles. The lowest BCUT2D eigenvalue weighted by Crippen LogP contribution is -2.37. The van der Waals surface area contributed by atoms with Crippen LogP contribution in [0.2, 0.25) is 0 Å². The van der Waals surface area contributed by atoms with Crippen LogP contribution in [0.1, 0.15) is 26.7 Å². The van der Waals surface area contributed by atoms with Crippen molar-refractivity contribution in [2.45, 2.75) is 32.6 Å². The number of aliphatic carboxylic acids is 1. The van der Waals surface area contributed by atoms with Gasteiger partial charge in [0.15, 0.2) is 0 Å². The summed E-state index contributed by atoms with van der Waals surface area (Å²) in [4.78, 5) is 10.8. The van der Waals surface area contributed by atoms with E-state index < -0.39 is 17.8 Å². The maximum Gasteiger partial charge on any atom is 0.307 e. The maximum atomic E-state index is 12.6. The quantitative estimate of drug-likeness (QED) is 0.749. The van der Waals surface area contributed by atoms with Gasteiger partial charge in [0.05, 0.1) is 5.92 Å². The molecule has 4 heteroatoms. The molecule has 0 aliphatic heterocycles. The fourth-order valence-corrected chi connectivity index (χ4v) is 2.99. The number of carboxylic acids is 1. The topological polar surface area (TPSA) is 37.3 Å². The monoisotopic (exact) mass is 204 g/mol. The predicted octanol–water partition coefficient (Wildman–Crippen LogP) is 2.39. The van der Waals surface area contributed by atoms with Crippen LogP contribution in [0.15, 0.2) is 0 Å². The Morgan fingerprint density at radius 3 is 2.14 bits per heavy atom. The molecular formula is C10H14F2O2. The SMILES string of the molecule is CC1(C)[C@H](C(=O)O)[C@H]1C1CC(F)(F)C1. The van der Waals surface area contributed by atoms with Gasteiger partial charge in [-0.15, -0.1) is 0 Å². The van der Waals surface area contributed by atoms with E-state index in [9.17, 15) is 13.6 Å². The van der Waals surface area contributed by atoms with Crippen LogP contribution >= 0.6 is 0 Å². The highest BCUT2D eigenvalue weighted by Gasteiger charge is 2.68. The van der Waals surface area contributed by atoms with Gasteiger partial charge in [-0.3, -0.25) is 4.79 Å². The Balaban J connectivity index is 2.00. The van der Waals surface area contributed by atoms with Crippen molar-refractivity contribution in [2.75, 3.05) is 0 Å². The Morgan fingerprint density at radius 2 is 1.86 bits per heavy atom. The third-order valence-electron chi connectivity index (χ3n) is 3.81. The Kier molecular flexibility index (Phi) is 1.74. The number of carboxylic acid groups (broad SMARTS) is 1. The summed E-state index contributed by atoms with van der Waals surface area (Å²) in [6.45, 7) is 3.71. The molecule has 2 saturated carbocycles. The summed E-state index contributed by atoms with van der Waals surface area (Å²) in [6.07, 6.45) is -0.240. The second kappa shape index (κ2) is 2.47. The van der Waals surface area contributed by atoms with Crippen LogP contribution in [0.25, 0.3) is 0 Å². The van der Waals surface area contributed by atoms with E-state index in [1.54, 1.807) is 0 Å². The van der Waals surface area contributed by atoms with E-state index in [0.717, 1.165) is 0 Å². The molecule has 0 aromatic rings. The molecule has 80 valence electrons. The van der Waals surface area contributed by atoms with E-state index in [1.165, 1.54) is 0 Å². The van der Waals surface area contributed by atoms with Crippen LogP contribution in [0, 0.1) is 23.2 Å². The minimum absolute atomic E-state index is 0.0420. The van der Waals surface area contributed by atoms with Gasteiger partial charge in [-0.1, -0.05) is 13.8 Å². The fraction of sp³-hybridized carbons (Fsp3) is 0.900. The van der Waals surface area contributed by atoms with E-state index in [2.05, 4.69) is 0 Å². The molecule has 0 unspecified atom stereocenters. The predicted molar refractivity (Wildman–Crippen MR) is 46.1 cm³/mol. The van der Waals surface area contributed by atoms with E-state index in [4.69, 9.17) is 5.11 Å². The normalized spacial score (nSPS) is 38.9. The molecule has 2 atom stereocenters. The first-order chi connectivity index (χ1) is 6.26. The average molecular weight is 204 g/mol. The molecule has 0 saturated heterocycles. The van der Waals surface area contributed by atoms with Gasteiger partial charge in [0, 0.05) is 12.8 Å². The third-order valence-corrected chi connectivity index (χ3v) is 3.81. The number of carbonyl (C=O) groups is 1. The minimum Gasteiger partial charge on any atom is -0.481 e. The van der Waals surface area contributed by atoms with Gasteiger partial charge >= 0.3 is 5.97 Å². The Morgan fingerprint density at radius 1 is 1.36 bits per heavy atom. The van der Waals surface area contributed by atoms with Crippen LogP contribution < -0.4 is 0 Å². The fourth-order valence-electron chi connectivity index (χ4n) is 2.99. The second-order valence-corrected chi connectivity index (χ2v) is 5.19. The number of halogens is 2. The van der Waals surface area contributed by atoms with E-state index in [1.807, 2.05) is 13.8 Å². The highest BCUT2D eigenvalue weighted by molar-refractivity contribution is 5.75. The standard InChI is InChI=1S/C10H14F2O2/c1-9(2)6(7(9)8(13)14)5-3-10(11,12)4-5/h5-7H,3-4H2,1-2H3,(H,13,14)/t6-,7+/m1/s1. The molecule has 2 fully saturated rings. The molecule has 2 aliphatic carbocycles. The summed E-state index contributed by atoms with van der Waals surface area (Å²) in [7, 11) is 0. The molecule has 0 aromatic carbocycles. The zero-order valence-corrected chi connectivity index (χ0v) is 8.26. The minimum atomic E-state index is -2.54. The summed E-state index contributed by atoms with van der Waals surface area (Å²) < 4.78 is 25.2. The van der Waals surface area contributed by atoms with Crippen molar-refractivity contribution in [3.05, 3.63) is 0 Å². The van der Waals surface area contributed by atoms with Crippen molar-refractivity contribution in [2.24, 2.45) is 23.2 Å². The summed E-state index contributed by atoms with van der Waals surface area (Å²) in [5.41, 5.74) is -0.285. The second-order valence-electron chi connectivity index (χ2n) is 5.19. The van der Waals surface area contributed by atoms with Gasteiger partial charge in [0.25, 0.3) is 0 Å². The number of alkyl halides is 2. The molecule has 2 nitrogen and oxygen atoms in total. The van der Waals surface area contributed by atoms with Crippen molar-refractivity contribution < 1.29 is 18.7 Å².